The summed E-state index contributed by atoms with van der Waals surface area (Å²) in [6.45, 7) is 4.06. The molecule has 29 heavy (non-hydrogen) atoms. The van der Waals surface area contributed by atoms with Gasteiger partial charge in [-0.25, -0.2) is 9.97 Å². The largest absolute Gasteiger partial charge is 0.339 e. The van der Waals surface area contributed by atoms with Crippen LogP contribution in [0.1, 0.15) is 35.8 Å². The zero-order valence-corrected chi connectivity index (χ0v) is 19.9. The maximum absolute atomic E-state index is 12.8. The molecular formula is C20H25BrN4O2S2. The van der Waals surface area contributed by atoms with Crippen LogP contribution in [-0.4, -0.2) is 45.6 Å². The van der Waals surface area contributed by atoms with Crippen molar-refractivity contribution in [2.45, 2.75) is 37.9 Å². The van der Waals surface area contributed by atoms with Crippen molar-refractivity contribution in [1.82, 2.24) is 15.3 Å². The lowest BCUT2D eigenvalue weighted by atomic mass is 10.1. The van der Waals surface area contributed by atoms with Crippen LogP contribution in [0.3, 0.4) is 0 Å². The molecular weight excluding hydrogens is 472 g/mol. The van der Waals surface area contributed by atoms with E-state index in [1.807, 2.05) is 37.4 Å². The van der Waals surface area contributed by atoms with Crippen LogP contribution < -0.4 is 10.6 Å². The summed E-state index contributed by atoms with van der Waals surface area (Å²) in [6, 6.07) is 6.89. The lowest BCUT2D eigenvalue weighted by molar-refractivity contribution is -0.118. The average Bonchev–Trinajstić information content (AvgIpc) is 2.71. The van der Waals surface area contributed by atoms with Gasteiger partial charge in [-0.05, 0) is 59.8 Å². The molecule has 9 heteroatoms. The minimum Gasteiger partial charge on any atom is -0.339 e. The maximum Gasteiger partial charge on any atom is 0.271 e. The number of hydrogen-bond donors (Lipinski definition) is 2. The van der Waals surface area contributed by atoms with Gasteiger partial charge < -0.3 is 10.6 Å². The first-order valence-electron chi connectivity index (χ1n) is 9.27. The van der Waals surface area contributed by atoms with Gasteiger partial charge in [0.1, 0.15) is 11.7 Å². The van der Waals surface area contributed by atoms with E-state index in [1.165, 1.54) is 11.8 Å². The van der Waals surface area contributed by atoms with Crippen LogP contribution in [0.25, 0.3) is 0 Å². The van der Waals surface area contributed by atoms with Crippen LogP contribution >= 0.6 is 39.5 Å². The van der Waals surface area contributed by atoms with Crippen LogP contribution in [0.4, 0.5) is 5.69 Å². The Bertz CT molecular complexity index is 834. The summed E-state index contributed by atoms with van der Waals surface area (Å²) in [5, 5.41) is 6.25. The van der Waals surface area contributed by atoms with Crippen LogP contribution in [-0.2, 0) is 4.79 Å². The van der Waals surface area contributed by atoms with E-state index in [2.05, 4.69) is 43.5 Å². The molecule has 0 aliphatic heterocycles. The van der Waals surface area contributed by atoms with Crippen molar-refractivity contribution in [1.29, 1.82) is 0 Å². The molecule has 2 rings (SSSR count). The first-order chi connectivity index (χ1) is 13.9. The van der Waals surface area contributed by atoms with E-state index in [4.69, 9.17) is 0 Å². The molecule has 0 saturated heterocycles. The third kappa shape index (κ3) is 7.64. The minimum atomic E-state index is -0.662. The number of amides is 2. The fraction of sp³-hybridized carbons (Fsp3) is 0.400. The van der Waals surface area contributed by atoms with Gasteiger partial charge in [-0.15, -0.1) is 0 Å². The van der Waals surface area contributed by atoms with E-state index in [0.29, 0.717) is 21.7 Å². The second-order valence-electron chi connectivity index (χ2n) is 6.36. The number of carbonyl (C=O) groups is 2. The molecule has 6 nitrogen and oxygen atoms in total. The van der Waals surface area contributed by atoms with Gasteiger partial charge in [0.15, 0.2) is 5.16 Å². The van der Waals surface area contributed by atoms with Gasteiger partial charge in [-0.3, -0.25) is 9.59 Å². The Balaban J connectivity index is 2.13. The summed E-state index contributed by atoms with van der Waals surface area (Å²) in [7, 11) is 0. The van der Waals surface area contributed by atoms with Gasteiger partial charge in [0.25, 0.3) is 5.91 Å². The predicted molar refractivity (Wildman–Crippen MR) is 125 cm³/mol. The van der Waals surface area contributed by atoms with E-state index >= 15 is 0 Å². The highest BCUT2D eigenvalue weighted by molar-refractivity contribution is 9.10. The average molecular weight is 497 g/mol. The number of thioether (sulfide) groups is 2. The monoisotopic (exact) mass is 496 g/mol. The highest BCUT2D eigenvalue weighted by Crippen LogP contribution is 2.20. The van der Waals surface area contributed by atoms with Crippen molar-refractivity contribution >= 4 is 57.0 Å². The Morgan fingerprint density at radius 1 is 1.21 bits per heavy atom. The lowest BCUT2D eigenvalue weighted by Gasteiger charge is -2.18. The molecule has 1 atom stereocenters. The fourth-order valence-electron chi connectivity index (χ4n) is 2.37. The summed E-state index contributed by atoms with van der Waals surface area (Å²) in [5.74, 6) is 0.970. The second kappa shape index (κ2) is 12.2. The molecule has 0 unspecified atom stereocenters. The molecule has 0 bridgehead atoms. The Hall–Kier alpha value is -1.58. The van der Waals surface area contributed by atoms with Gasteiger partial charge in [0.05, 0.1) is 4.47 Å². The van der Waals surface area contributed by atoms with Crippen molar-refractivity contribution in [2.75, 3.05) is 23.1 Å². The predicted octanol–water partition coefficient (Wildman–Crippen LogP) is 4.54. The summed E-state index contributed by atoms with van der Waals surface area (Å²) in [5.41, 5.74) is 2.04. The van der Waals surface area contributed by atoms with Crippen LogP contribution in [0.2, 0.25) is 0 Å². The lowest BCUT2D eigenvalue weighted by Crippen LogP contribution is -2.44. The van der Waals surface area contributed by atoms with Crippen LogP contribution in [0, 0.1) is 6.92 Å². The number of rotatable bonds is 10. The number of carbonyl (C=O) groups excluding carboxylic acids is 2. The van der Waals surface area contributed by atoms with Crippen molar-refractivity contribution in [2.24, 2.45) is 0 Å². The molecule has 2 aromatic rings. The highest BCUT2D eigenvalue weighted by atomic mass is 79.9. The summed E-state index contributed by atoms with van der Waals surface area (Å²) >= 11 is 6.46. The topological polar surface area (TPSA) is 84.0 Å². The quantitative estimate of drug-likeness (QED) is 0.371. The number of halogens is 1. The molecule has 0 radical (unpaired) electrons. The number of hydrogen-bond acceptors (Lipinski definition) is 6. The molecule has 1 aromatic heterocycles. The summed E-state index contributed by atoms with van der Waals surface area (Å²) in [4.78, 5) is 34.2. The molecule has 1 heterocycles. The van der Waals surface area contributed by atoms with E-state index in [0.717, 1.165) is 23.5 Å². The van der Waals surface area contributed by atoms with E-state index in [-0.39, 0.29) is 11.6 Å². The molecule has 0 spiro atoms. The molecule has 0 fully saturated rings. The Morgan fingerprint density at radius 3 is 2.59 bits per heavy atom. The summed E-state index contributed by atoms with van der Waals surface area (Å²) in [6.07, 6.45) is 5.05. The molecule has 2 amide bonds. The first kappa shape index (κ1) is 23.7. The molecule has 2 N–H and O–H groups in total. The standard InChI is InChI=1S/C20H25BrN4O2S2/c1-4-10-29-20-22-12-15(21)17(25-20)19(27)24-16(9-11-28-3)18(26)23-14-7-5-13(2)6-8-14/h5-8,12,16H,4,9-11H2,1-3H3,(H,23,26)(H,24,27)/t16-/m1/s1. The van der Waals surface area contributed by atoms with E-state index in [1.54, 1.807) is 18.0 Å². The third-order valence-corrected chi connectivity index (χ3v) is 6.22. The Labute approximate surface area is 188 Å². The van der Waals surface area contributed by atoms with Gasteiger partial charge in [-0.1, -0.05) is 36.4 Å². The second-order valence-corrected chi connectivity index (χ2v) is 9.26. The first-order valence-corrected chi connectivity index (χ1v) is 12.4. The number of nitrogens with one attached hydrogen (secondary N) is 2. The SMILES string of the molecule is CCCSc1ncc(Br)c(C(=O)N[C@H](CCSC)C(=O)Nc2ccc(C)cc2)n1. The van der Waals surface area contributed by atoms with E-state index in [9.17, 15) is 9.59 Å². The number of nitrogens with zero attached hydrogens (tertiary/aromatic N) is 2. The highest BCUT2D eigenvalue weighted by Gasteiger charge is 2.23. The van der Waals surface area contributed by atoms with Gasteiger partial charge in [-0.2, -0.15) is 11.8 Å². The van der Waals surface area contributed by atoms with Crippen molar-refractivity contribution < 1.29 is 9.59 Å². The Kier molecular flexibility index (Phi) is 9.96. The molecule has 156 valence electrons. The van der Waals surface area contributed by atoms with Gasteiger partial charge in [0.2, 0.25) is 5.91 Å². The van der Waals surface area contributed by atoms with Crippen molar-refractivity contribution in [3.63, 3.8) is 0 Å². The third-order valence-electron chi connectivity index (χ3n) is 3.92. The zero-order chi connectivity index (χ0) is 21.2. The normalized spacial score (nSPS) is 11.7. The van der Waals surface area contributed by atoms with Crippen molar-refractivity contribution in [3.8, 4) is 0 Å². The number of aromatic nitrogens is 2. The van der Waals surface area contributed by atoms with Gasteiger partial charge in [0, 0.05) is 17.6 Å². The number of aryl methyl sites for hydroxylation is 1. The van der Waals surface area contributed by atoms with Gasteiger partial charge >= 0.3 is 0 Å². The minimum absolute atomic E-state index is 0.232. The smallest absolute Gasteiger partial charge is 0.271 e. The summed E-state index contributed by atoms with van der Waals surface area (Å²) < 4.78 is 0.499. The number of benzene rings is 1. The maximum atomic E-state index is 12.8. The molecule has 1 aromatic carbocycles. The zero-order valence-electron chi connectivity index (χ0n) is 16.7. The number of anilines is 1. The van der Waals surface area contributed by atoms with Crippen LogP contribution in [0.5, 0.6) is 0 Å². The van der Waals surface area contributed by atoms with Crippen LogP contribution in [0.15, 0.2) is 40.1 Å². The molecule has 0 aliphatic carbocycles. The fourth-order valence-corrected chi connectivity index (χ4v) is 3.88. The van der Waals surface area contributed by atoms with E-state index < -0.39 is 11.9 Å². The molecule has 0 saturated carbocycles. The van der Waals surface area contributed by atoms with Crippen molar-refractivity contribution in [3.05, 3.63) is 46.2 Å². The Morgan fingerprint density at radius 2 is 1.93 bits per heavy atom. The molecule has 0 aliphatic rings.